The minimum Gasteiger partial charge on any atom is -0.497 e. The second-order valence-electron chi connectivity index (χ2n) is 10.6. The van der Waals surface area contributed by atoms with Gasteiger partial charge in [-0.2, -0.15) is 4.52 Å². The van der Waals surface area contributed by atoms with Gasteiger partial charge in [-0.1, -0.05) is 11.3 Å². The number of likely N-dealkylation sites (tertiary alicyclic amines) is 1. The highest BCUT2D eigenvalue weighted by Crippen LogP contribution is 2.35. The summed E-state index contributed by atoms with van der Waals surface area (Å²) in [6.07, 6.45) is 3.54. The van der Waals surface area contributed by atoms with E-state index in [1.54, 1.807) is 7.11 Å². The Morgan fingerprint density at radius 3 is 2.56 bits per heavy atom. The van der Waals surface area contributed by atoms with Gasteiger partial charge in [0.2, 0.25) is 16.0 Å². The van der Waals surface area contributed by atoms with Crippen LogP contribution in [0, 0.1) is 0 Å². The zero-order valence-electron chi connectivity index (χ0n) is 22.3. The lowest BCUT2D eigenvalue weighted by atomic mass is 10.1. The summed E-state index contributed by atoms with van der Waals surface area (Å²) in [6.45, 7) is 11.9. The molecule has 1 amide bonds. The quantitative estimate of drug-likeness (QED) is 0.422. The molecule has 0 aliphatic carbocycles. The molecule has 3 heterocycles. The number of amides is 1. The first kappa shape index (κ1) is 26.2. The Labute approximate surface area is 217 Å². The molecule has 0 unspecified atom stereocenters. The van der Waals surface area contributed by atoms with E-state index in [0.29, 0.717) is 12.6 Å². The van der Waals surface area contributed by atoms with Crippen molar-refractivity contribution in [3.63, 3.8) is 0 Å². The number of hydrogen-bond donors (Lipinski definition) is 2. The smallest absolute Gasteiger partial charge is 0.239 e. The van der Waals surface area contributed by atoms with E-state index < -0.39 is 0 Å². The summed E-state index contributed by atoms with van der Waals surface area (Å²) in [7, 11) is 3.55. The van der Waals surface area contributed by atoms with Crippen molar-refractivity contribution in [1.29, 1.82) is 0 Å². The molecule has 3 aromatic rings. The summed E-state index contributed by atoms with van der Waals surface area (Å²) in [6, 6.07) is 8.37. The highest BCUT2D eigenvalue weighted by Gasteiger charge is 2.24. The van der Waals surface area contributed by atoms with E-state index in [-0.39, 0.29) is 18.0 Å². The molecule has 1 aliphatic heterocycles. The molecule has 10 heteroatoms. The lowest BCUT2D eigenvalue weighted by Gasteiger charge is -2.24. The molecular weight excluding hydrogens is 474 g/mol. The van der Waals surface area contributed by atoms with E-state index >= 15 is 0 Å². The summed E-state index contributed by atoms with van der Waals surface area (Å²) in [5.41, 5.74) is 1.64. The van der Waals surface area contributed by atoms with Gasteiger partial charge in [0.15, 0.2) is 5.82 Å². The van der Waals surface area contributed by atoms with Crippen LogP contribution in [0.15, 0.2) is 24.3 Å². The average molecular weight is 514 g/mol. The molecular formula is C26H39N7O2S. The molecule has 2 N–H and O–H groups in total. The number of rotatable bonds is 10. The molecule has 0 saturated carbocycles. The molecule has 36 heavy (non-hydrogen) atoms. The van der Waals surface area contributed by atoms with Crippen LogP contribution in [0.25, 0.3) is 16.2 Å². The van der Waals surface area contributed by atoms with Gasteiger partial charge in [0.25, 0.3) is 0 Å². The van der Waals surface area contributed by atoms with Crippen LogP contribution in [-0.2, 0) is 4.79 Å². The topological polar surface area (TPSA) is 87.0 Å². The zero-order valence-corrected chi connectivity index (χ0v) is 23.1. The molecule has 2 aromatic heterocycles. The first-order valence-corrected chi connectivity index (χ1v) is 13.5. The van der Waals surface area contributed by atoms with Crippen LogP contribution in [0.3, 0.4) is 0 Å². The Hall–Kier alpha value is -2.85. The van der Waals surface area contributed by atoms with E-state index in [9.17, 15) is 4.79 Å². The maximum atomic E-state index is 12.6. The van der Waals surface area contributed by atoms with Crippen molar-refractivity contribution >= 4 is 33.2 Å². The fourth-order valence-electron chi connectivity index (χ4n) is 4.43. The SMILES string of the molecule is COc1ccc(-c2nc3sc(N(C)CC(=O)NCC[C@H](C)N4CCCC4)nn3c2NC(C)(C)C)cc1. The van der Waals surface area contributed by atoms with Crippen LogP contribution in [0.1, 0.15) is 47.0 Å². The fraction of sp³-hybridized carbons (Fsp3) is 0.577. The molecule has 4 rings (SSSR count). The van der Waals surface area contributed by atoms with Crippen LogP contribution in [0.5, 0.6) is 5.75 Å². The Balaban J connectivity index is 1.45. The molecule has 1 aromatic carbocycles. The van der Waals surface area contributed by atoms with Gasteiger partial charge in [-0.3, -0.25) is 4.79 Å². The molecule has 0 spiro atoms. The van der Waals surface area contributed by atoms with E-state index in [1.807, 2.05) is 40.7 Å². The van der Waals surface area contributed by atoms with Crippen LogP contribution in [-0.4, -0.2) is 77.3 Å². The molecule has 1 saturated heterocycles. The van der Waals surface area contributed by atoms with Gasteiger partial charge < -0.3 is 25.2 Å². The number of benzene rings is 1. The highest BCUT2D eigenvalue weighted by molar-refractivity contribution is 7.20. The van der Waals surface area contributed by atoms with Gasteiger partial charge >= 0.3 is 0 Å². The molecule has 1 aliphatic rings. The van der Waals surface area contributed by atoms with E-state index in [1.165, 1.54) is 37.3 Å². The number of hydrogen-bond acceptors (Lipinski definition) is 8. The molecule has 1 atom stereocenters. The van der Waals surface area contributed by atoms with Crippen molar-refractivity contribution < 1.29 is 9.53 Å². The molecule has 0 bridgehead atoms. The van der Waals surface area contributed by atoms with E-state index in [2.05, 4.69) is 43.2 Å². The van der Waals surface area contributed by atoms with Gasteiger partial charge in [-0.25, -0.2) is 4.98 Å². The predicted molar refractivity (Wildman–Crippen MR) is 147 cm³/mol. The maximum Gasteiger partial charge on any atom is 0.239 e. The van der Waals surface area contributed by atoms with Gasteiger partial charge in [-0.15, -0.1) is 5.10 Å². The van der Waals surface area contributed by atoms with E-state index in [4.69, 9.17) is 14.8 Å². The fourth-order valence-corrected chi connectivity index (χ4v) is 5.30. The molecule has 9 nitrogen and oxygen atoms in total. The second kappa shape index (κ2) is 11.0. The summed E-state index contributed by atoms with van der Waals surface area (Å²) in [5.74, 6) is 1.64. The lowest BCUT2D eigenvalue weighted by molar-refractivity contribution is -0.119. The Morgan fingerprint density at radius 2 is 1.92 bits per heavy atom. The third-order valence-corrected chi connectivity index (χ3v) is 7.43. The summed E-state index contributed by atoms with van der Waals surface area (Å²) in [4.78, 5) is 22.7. The van der Waals surface area contributed by atoms with Crippen LogP contribution < -0.4 is 20.3 Å². The molecule has 0 radical (unpaired) electrons. The standard InChI is InChI=1S/C26H39N7O2S/c1-18(32-15-7-8-16-32)13-14-27-21(34)17-31(5)25-30-33-23(29-26(2,3)4)22(28-24(33)36-25)19-9-11-20(35-6)12-10-19/h9-12,18,29H,7-8,13-17H2,1-6H3,(H,27,34)/t18-/m0/s1. The van der Waals surface area contributed by atoms with Crippen molar-refractivity contribution in [3.05, 3.63) is 24.3 Å². The van der Waals surface area contributed by atoms with Crippen molar-refractivity contribution in [1.82, 2.24) is 24.8 Å². The van der Waals surface area contributed by atoms with Crippen molar-refractivity contribution in [2.45, 2.75) is 58.5 Å². The van der Waals surface area contributed by atoms with Crippen LogP contribution in [0.2, 0.25) is 0 Å². The third kappa shape index (κ3) is 6.28. The van der Waals surface area contributed by atoms with E-state index in [0.717, 1.165) is 39.3 Å². The van der Waals surface area contributed by atoms with Gasteiger partial charge in [-0.05, 0) is 84.3 Å². The number of nitrogens with one attached hydrogen (secondary N) is 2. The number of imidazole rings is 1. The number of aromatic nitrogens is 3. The van der Waals surface area contributed by atoms with Crippen molar-refractivity contribution in [2.75, 3.05) is 50.6 Å². The predicted octanol–water partition coefficient (Wildman–Crippen LogP) is 4.10. The number of likely N-dealkylation sites (N-methyl/N-ethyl adjacent to an activating group) is 1. The summed E-state index contributed by atoms with van der Waals surface area (Å²) < 4.78 is 7.15. The Kier molecular flexibility index (Phi) is 8.04. The van der Waals surface area contributed by atoms with Crippen molar-refractivity contribution in [2.24, 2.45) is 0 Å². The number of methoxy groups -OCH3 is 1. The largest absolute Gasteiger partial charge is 0.497 e. The van der Waals surface area contributed by atoms with Crippen LogP contribution >= 0.6 is 11.3 Å². The number of fused-ring (bicyclic) bond motifs is 1. The summed E-state index contributed by atoms with van der Waals surface area (Å²) in [5, 5.41) is 12.2. The zero-order chi connectivity index (χ0) is 25.9. The van der Waals surface area contributed by atoms with Crippen LogP contribution in [0.4, 0.5) is 10.9 Å². The average Bonchev–Trinajstić information content (AvgIpc) is 3.56. The Bertz CT molecular complexity index is 1160. The minimum absolute atomic E-state index is 0.00549. The van der Waals surface area contributed by atoms with Gasteiger partial charge in [0.05, 0.1) is 13.7 Å². The number of carbonyl (C=O) groups is 1. The molecule has 1 fully saturated rings. The molecule has 196 valence electrons. The Morgan fingerprint density at radius 1 is 1.22 bits per heavy atom. The summed E-state index contributed by atoms with van der Waals surface area (Å²) >= 11 is 1.47. The number of nitrogens with zero attached hydrogens (tertiary/aromatic N) is 5. The second-order valence-corrected chi connectivity index (χ2v) is 11.5. The monoisotopic (exact) mass is 513 g/mol. The normalized spacial score (nSPS) is 15.3. The first-order chi connectivity index (χ1) is 17.1. The number of anilines is 2. The lowest BCUT2D eigenvalue weighted by Crippen LogP contribution is -2.38. The van der Waals surface area contributed by atoms with Crippen molar-refractivity contribution in [3.8, 4) is 17.0 Å². The third-order valence-electron chi connectivity index (χ3n) is 6.41. The first-order valence-electron chi connectivity index (χ1n) is 12.7. The van der Waals surface area contributed by atoms with Gasteiger partial charge in [0.1, 0.15) is 11.4 Å². The highest BCUT2D eigenvalue weighted by atomic mass is 32.1. The van der Waals surface area contributed by atoms with Gasteiger partial charge in [0, 0.05) is 30.7 Å². The maximum absolute atomic E-state index is 12.6. The number of carbonyl (C=O) groups excluding carboxylic acids is 1. The number of ether oxygens (including phenoxy) is 1. The minimum atomic E-state index is -0.182.